The van der Waals surface area contributed by atoms with Gasteiger partial charge in [0.25, 0.3) is 0 Å². The monoisotopic (exact) mass is 296 g/mol. The van der Waals surface area contributed by atoms with Crippen LogP contribution < -0.4 is 5.32 Å². The van der Waals surface area contributed by atoms with E-state index in [0.29, 0.717) is 24.4 Å². The summed E-state index contributed by atoms with van der Waals surface area (Å²) in [5.41, 5.74) is 0.171. The molecule has 0 aromatic heterocycles. The molecular formula is C15H21ClN2O2. The molecule has 2 saturated heterocycles. The minimum Gasteiger partial charge on any atom is -0.390 e. The molecule has 5 heteroatoms. The summed E-state index contributed by atoms with van der Waals surface area (Å²) in [4.78, 5) is 2.29. The highest BCUT2D eigenvalue weighted by atomic mass is 35.5. The Hall–Kier alpha value is -0.650. The summed E-state index contributed by atoms with van der Waals surface area (Å²) in [6.07, 6.45) is 1.09. The van der Waals surface area contributed by atoms with E-state index in [4.69, 9.17) is 11.6 Å². The second-order valence-corrected chi connectivity index (χ2v) is 6.30. The maximum atomic E-state index is 10.8. The zero-order valence-corrected chi connectivity index (χ0v) is 12.2. The second-order valence-electron chi connectivity index (χ2n) is 5.87. The van der Waals surface area contributed by atoms with Crippen LogP contribution in [0.25, 0.3) is 0 Å². The molecule has 0 bridgehead atoms. The first-order valence-corrected chi connectivity index (χ1v) is 7.57. The van der Waals surface area contributed by atoms with Gasteiger partial charge < -0.3 is 15.5 Å². The summed E-state index contributed by atoms with van der Waals surface area (Å²) in [6, 6.07) is 7.65. The highest BCUT2D eigenvalue weighted by Gasteiger charge is 2.38. The third-order valence-corrected chi connectivity index (χ3v) is 4.88. The van der Waals surface area contributed by atoms with E-state index in [1.165, 1.54) is 0 Å². The average Bonchev–Trinajstić information content (AvgIpc) is 2.87. The van der Waals surface area contributed by atoms with E-state index >= 15 is 0 Å². The van der Waals surface area contributed by atoms with Crippen LogP contribution in [0.15, 0.2) is 24.3 Å². The van der Waals surface area contributed by atoms with E-state index in [2.05, 4.69) is 10.2 Å². The molecule has 0 unspecified atom stereocenters. The number of nitrogens with one attached hydrogen (secondary N) is 1. The molecule has 1 aromatic rings. The zero-order chi connectivity index (χ0) is 14.2. The molecular weight excluding hydrogens is 276 g/mol. The number of β-amino-alcohol motifs (C(OH)–C–C–N with tert-alkyl or cyclic N) is 1. The van der Waals surface area contributed by atoms with E-state index < -0.39 is 5.60 Å². The minimum absolute atomic E-state index is 0.185. The van der Waals surface area contributed by atoms with Crippen LogP contribution in [0.1, 0.15) is 18.4 Å². The van der Waals surface area contributed by atoms with Gasteiger partial charge in [0.15, 0.2) is 0 Å². The highest BCUT2D eigenvalue weighted by Crippen LogP contribution is 2.34. The first kappa shape index (κ1) is 14.3. The number of nitrogens with zero attached hydrogens (tertiary/aromatic N) is 1. The van der Waals surface area contributed by atoms with Gasteiger partial charge in [-0.05, 0) is 30.5 Å². The normalized spacial score (nSPS) is 30.6. The van der Waals surface area contributed by atoms with E-state index in [-0.39, 0.29) is 12.1 Å². The predicted octanol–water partition coefficient (Wildman–Crippen LogP) is 0.956. The van der Waals surface area contributed by atoms with Crippen molar-refractivity contribution in [1.82, 2.24) is 10.2 Å². The number of piperidine rings is 1. The van der Waals surface area contributed by atoms with E-state index in [9.17, 15) is 10.2 Å². The van der Waals surface area contributed by atoms with Crippen LogP contribution in [0.3, 0.4) is 0 Å². The highest BCUT2D eigenvalue weighted by molar-refractivity contribution is 6.30. The summed E-state index contributed by atoms with van der Waals surface area (Å²) in [7, 11) is 0. The third kappa shape index (κ3) is 2.71. The molecule has 2 atom stereocenters. The minimum atomic E-state index is -0.766. The Bertz CT molecular complexity index is 457. The Balaban J connectivity index is 1.66. The largest absolute Gasteiger partial charge is 0.390 e. The van der Waals surface area contributed by atoms with Gasteiger partial charge in [-0.2, -0.15) is 0 Å². The molecule has 0 saturated carbocycles. The Morgan fingerprint density at radius 1 is 1.15 bits per heavy atom. The lowest BCUT2D eigenvalue weighted by Gasteiger charge is -2.41. The van der Waals surface area contributed by atoms with Crippen LogP contribution in [-0.2, 0) is 5.60 Å². The summed E-state index contributed by atoms with van der Waals surface area (Å²) in [5, 5.41) is 24.6. The number of aliphatic hydroxyl groups excluding tert-OH is 1. The number of likely N-dealkylation sites (tertiary alicyclic amines) is 1. The number of hydrogen-bond acceptors (Lipinski definition) is 4. The fourth-order valence-electron chi connectivity index (χ4n) is 3.30. The van der Waals surface area contributed by atoms with Gasteiger partial charge in [-0.15, -0.1) is 0 Å². The molecule has 0 spiro atoms. The number of rotatable bonds is 2. The molecule has 4 nitrogen and oxygen atoms in total. The molecule has 2 heterocycles. The van der Waals surface area contributed by atoms with Gasteiger partial charge in [0, 0.05) is 37.2 Å². The van der Waals surface area contributed by atoms with E-state index in [1.54, 1.807) is 0 Å². The van der Waals surface area contributed by atoms with Crippen LogP contribution in [0.2, 0.25) is 5.02 Å². The number of halogens is 1. The van der Waals surface area contributed by atoms with Crippen molar-refractivity contribution in [1.29, 1.82) is 0 Å². The molecule has 3 rings (SSSR count). The number of benzene rings is 1. The molecule has 0 aliphatic carbocycles. The Labute approximate surface area is 124 Å². The van der Waals surface area contributed by atoms with Crippen molar-refractivity contribution < 1.29 is 10.2 Å². The van der Waals surface area contributed by atoms with Crippen molar-refractivity contribution in [2.75, 3.05) is 26.2 Å². The Morgan fingerprint density at radius 2 is 1.80 bits per heavy atom. The lowest BCUT2D eigenvalue weighted by Crippen LogP contribution is -2.50. The van der Waals surface area contributed by atoms with Gasteiger partial charge in [-0.25, -0.2) is 0 Å². The summed E-state index contributed by atoms with van der Waals surface area (Å²) in [6.45, 7) is 3.12. The van der Waals surface area contributed by atoms with Crippen molar-refractivity contribution in [3.63, 3.8) is 0 Å². The molecule has 2 aliphatic rings. The Kier molecular flexibility index (Phi) is 4.02. The molecule has 2 aliphatic heterocycles. The van der Waals surface area contributed by atoms with Gasteiger partial charge >= 0.3 is 0 Å². The molecule has 20 heavy (non-hydrogen) atoms. The van der Waals surface area contributed by atoms with Crippen molar-refractivity contribution >= 4 is 11.6 Å². The fraction of sp³-hybridized carbons (Fsp3) is 0.600. The van der Waals surface area contributed by atoms with E-state index in [0.717, 1.165) is 25.2 Å². The quantitative estimate of drug-likeness (QED) is 0.761. The molecule has 0 radical (unpaired) electrons. The van der Waals surface area contributed by atoms with Crippen LogP contribution in [0, 0.1) is 0 Å². The first-order chi connectivity index (χ1) is 9.58. The smallest absolute Gasteiger partial charge is 0.0920 e. The predicted molar refractivity (Wildman–Crippen MR) is 78.8 cm³/mol. The first-order valence-electron chi connectivity index (χ1n) is 7.20. The van der Waals surface area contributed by atoms with Crippen molar-refractivity contribution in [3.05, 3.63) is 34.9 Å². The average molecular weight is 297 g/mol. The molecule has 2 fully saturated rings. The van der Waals surface area contributed by atoms with Crippen LogP contribution in [0.4, 0.5) is 0 Å². The fourth-order valence-corrected chi connectivity index (χ4v) is 3.42. The molecule has 0 amide bonds. The third-order valence-electron chi connectivity index (χ3n) is 4.63. The number of hydrogen-bond donors (Lipinski definition) is 3. The van der Waals surface area contributed by atoms with Crippen molar-refractivity contribution in [2.45, 2.75) is 30.6 Å². The zero-order valence-electron chi connectivity index (χ0n) is 11.4. The SMILES string of the molecule is O[C@H]1CNC[C@@H]1N1CCC(O)(c2ccc(Cl)cc2)CC1. The summed E-state index contributed by atoms with van der Waals surface area (Å²) in [5.74, 6) is 0. The van der Waals surface area contributed by atoms with Crippen LogP contribution in [-0.4, -0.2) is 53.4 Å². The van der Waals surface area contributed by atoms with Gasteiger partial charge in [0.1, 0.15) is 0 Å². The van der Waals surface area contributed by atoms with E-state index in [1.807, 2.05) is 24.3 Å². The van der Waals surface area contributed by atoms with Crippen molar-refractivity contribution in [2.24, 2.45) is 0 Å². The Morgan fingerprint density at radius 3 is 2.35 bits per heavy atom. The summed E-state index contributed by atoms with van der Waals surface area (Å²) >= 11 is 5.90. The molecule has 1 aromatic carbocycles. The maximum absolute atomic E-state index is 10.8. The van der Waals surface area contributed by atoms with Crippen LogP contribution in [0.5, 0.6) is 0 Å². The lowest BCUT2D eigenvalue weighted by molar-refractivity contribution is -0.0450. The molecule has 3 N–H and O–H groups in total. The second kappa shape index (κ2) is 5.62. The van der Waals surface area contributed by atoms with Crippen LogP contribution >= 0.6 is 11.6 Å². The molecule has 110 valence electrons. The topological polar surface area (TPSA) is 55.7 Å². The van der Waals surface area contributed by atoms with Gasteiger partial charge in [-0.3, -0.25) is 4.90 Å². The van der Waals surface area contributed by atoms with Gasteiger partial charge in [0.05, 0.1) is 11.7 Å². The standard InChI is InChI=1S/C15H21ClN2O2/c16-12-3-1-11(2-4-12)15(20)5-7-18(8-6-15)13-9-17-10-14(13)19/h1-4,13-14,17,19-20H,5-10H2/t13-,14-/m0/s1. The lowest BCUT2D eigenvalue weighted by atomic mass is 9.84. The number of aliphatic hydroxyl groups is 2. The summed E-state index contributed by atoms with van der Waals surface area (Å²) < 4.78 is 0. The van der Waals surface area contributed by atoms with Gasteiger partial charge in [0.2, 0.25) is 0 Å². The maximum Gasteiger partial charge on any atom is 0.0920 e. The van der Waals surface area contributed by atoms with Crippen molar-refractivity contribution in [3.8, 4) is 0 Å². The van der Waals surface area contributed by atoms with Gasteiger partial charge in [-0.1, -0.05) is 23.7 Å².